The summed E-state index contributed by atoms with van der Waals surface area (Å²) in [6.45, 7) is 7.32. The molecule has 2 N–H and O–H groups in total. The average molecular weight is 258 g/mol. The molecule has 0 aliphatic heterocycles. The summed E-state index contributed by atoms with van der Waals surface area (Å²) < 4.78 is 4.66. The van der Waals surface area contributed by atoms with Crippen molar-refractivity contribution < 1.29 is 29.3 Å². The van der Waals surface area contributed by atoms with Crippen LogP contribution in [0.5, 0.6) is 0 Å². The number of rotatable bonds is 6. The zero-order chi connectivity index (χ0) is 14.6. The zero-order valence-corrected chi connectivity index (χ0v) is 10.5. The molecule has 0 rings (SSSR count). The Morgan fingerprint density at radius 1 is 1.22 bits per heavy atom. The molecule has 0 atom stereocenters. The zero-order valence-electron chi connectivity index (χ0n) is 10.5. The Balaban J connectivity index is 0. The molecule has 0 aromatic heterocycles. The van der Waals surface area contributed by atoms with Crippen molar-refractivity contribution in [3.63, 3.8) is 0 Å². The highest BCUT2D eigenvalue weighted by Crippen LogP contribution is 1.93. The highest BCUT2D eigenvalue weighted by molar-refractivity contribution is 5.90. The van der Waals surface area contributed by atoms with Crippen molar-refractivity contribution in [1.29, 1.82) is 0 Å². The predicted octanol–water partition coefficient (Wildman–Crippen LogP) is 1.47. The molecule has 6 heteroatoms. The minimum Gasteiger partial charge on any atom is -0.481 e. The lowest BCUT2D eigenvalue weighted by Crippen LogP contribution is -2.07. The predicted molar refractivity (Wildman–Crippen MR) is 65.0 cm³/mol. The minimum atomic E-state index is -1.16. The van der Waals surface area contributed by atoms with Crippen molar-refractivity contribution in [3.05, 3.63) is 24.8 Å². The topological polar surface area (TPSA) is 101 Å². The molecule has 0 heterocycles. The molecule has 0 saturated carbocycles. The van der Waals surface area contributed by atoms with Gasteiger partial charge in [0.05, 0.1) is 13.0 Å². The number of esters is 1. The maximum absolute atomic E-state index is 10.7. The fraction of sp³-hybridized carbons (Fsp3) is 0.417. The van der Waals surface area contributed by atoms with Crippen molar-refractivity contribution in [2.45, 2.75) is 20.3 Å². The summed E-state index contributed by atoms with van der Waals surface area (Å²) >= 11 is 0. The second-order valence-corrected chi connectivity index (χ2v) is 3.58. The molecule has 0 aliphatic rings. The molecule has 0 radical (unpaired) electrons. The van der Waals surface area contributed by atoms with Gasteiger partial charge in [-0.15, -0.1) is 6.58 Å². The lowest BCUT2D eigenvalue weighted by atomic mass is 10.2. The Hall–Kier alpha value is -2.11. The van der Waals surface area contributed by atoms with Gasteiger partial charge in [-0.3, -0.25) is 4.79 Å². The number of carboxylic acid groups (broad SMARTS) is 2. The Morgan fingerprint density at radius 2 is 1.78 bits per heavy atom. The van der Waals surface area contributed by atoms with Gasteiger partial charge in [0.15, 0.2) is 0 Å². The van der Waals surface area contributed by atoms with Crippen LogP contribution < -0.4 is 0 Å². The largest absolute Gasteiger partial charge is 0.481 e. The molecule has 102 valence electrons. The van der Waals surface area contributed by atoms with E-state index in [-0.39, 0.29) is 12.3 Å². The van der Waals surface area contributed by atoms with Gasteiger partial charge in [-0.05, 0) is 5.92 Å². The van der Waals surface area contributed by atoms with E-state index < -0.39 is 17.9 Å². The maximum atomic E-state index is 10.7. The van der Waals surface area contributed by atoms with Crippen molar-refractivity contribution in [1.82, 2.24) is 0 Å². The molecule has 18 heavy (non-hydrogen) atoms. The second-order valence-electron chi connectivity index (χ2n) is 3.58. The van der Waals surface area contributed by atoms with Crippen LogP contribution in [0.25, 0.3) is 0 Å². The second kappa shape index (κ2) is 11.4. The summed E-state index contributed by atoms with van der Waals surface area (Å²) in [6.07, 6.45) is 3.05. The lowest BCUT2D eigenvalue weighted by molar-refractivity contribution is -0.139. The molecular formula is C12H18O6. The monoisotopic (exact) mass is 258 g/mol. The number of carbonyl (C=O) groups excluding carboxylic acids is 1. The third kappa shape index (κ3) is 19.5. The first-order chi connectivity index (χ1) is 8.29. The third-order valence-electron chi connectivity index (χ3n) is 1.24. The van der Waals surface area contributed by atoms with E-state index in [4.69, 9.17) is 10.2 Å². The molecule has 0 bridgehead atoms. The fourth-order valence-electron chi connectivity index (χ4n) is 0.560. The normalized spacial score (nSPS) is 9.50. The molecule has 0 amide bonds. The molecule has 0 aliphatic carbocycles. The molecule has 0 aromatic carbocycles. The average Bonchev–Trinajstić information content (AvgIpc) is 2.24. The Kier molecular flexibility index (Phi) is 11.5. The van der Waals surface area contributed by atoms with Gasteiger partial charge in [-0.25, -0.2) is 9.59 Å². The van der Waals surface area contributed by atoms with Crippen molar-refractivity contribution in [2.75, 3.05) is 6.61 Å². The number of carbonyl (C=O) groups is 3. The van der Waals surface area contributed by atoms with E-state index in [9.17, 15) is 14.4 Å². The van der Waals surface area contributed by atoms with Crippen molar-refractivity contribution >= 4 is 17.9 Å². The van der Waals surface area contributed by atoms with Crippen LogP contribution in [0.3, 0.4) is 0 Å². The summed E-state index contributed by atoms with van der Waals surface area (Å²) in [5, 5.41) is 16.0. The van der Waals surface area contributed by atoms with Gasteiger partial charge in [-0.2, -0.15) is 0 Å². The molecule has 0 unspecified atom stereocenters. The van der Waals surface area contributed by atoms with E-state index in [1.54, 1.807) is 0 Å². The van der Waals surface area contributed by atoms with Crippen molar-refractivity contribution in [3.8, 4) is 0 Å². The Labute approximate surface area is 106 Å². The van der Waals surface area contributed by atoms with Gasteiger partial charge in [0, 0.05) is 12.2 Å². The van der Waals surface area contributed by atoms with Crippen LogP contribution >= 0.6 is 0 Å². The molecular weight excluding hydrogens is 240 g/mol. The molecule has 0 saturated heterocycles. The van der Waals surface area contributed by atoms with Crippen LogP contribution in [0, 0.1) is 5.92 Å². The van der Waals surface area contributed by atoms with Crippen LogP contribution in [-0.2, 0) is 19.1 Å². The number of aliphatic carboxylic acids is 2. The van der Waals surface area contributed by atoms with E-state index in [2.05, 4.69) is 11.3 Å². The lowest BCUT2D eigenvalue weighted by Gasteiger charge is -2.03. The smallest absolute Gasteiger partial charge is 0.331 e. The first-order valence-electron chi connectivity index (χ1n) is 5.20. The van der Waals surface area contributed by atoms with Gasteiger partial charge in [0.25, 0.3) is 0 Å². The highest BCUT2D eigenvalue weighted by Gasteiger charge is 1.99. The summed E-state index contributed by atoms with van der Waals surface area (Å²) in [5.41, 5.74) is 0. The summed E-state index contributed by atoms with van der Waals surface area (Å²) in [7, 11) is 0. The first-order valence-corrected chi connectivity index (χ1v) is 5.20. The number of hydrogen-bond acceptors (Lipinski definition) is 4. The van der Waals surface area contributed by atoms with Gasteiger partial charge in [0.2, 0.25) is 0 Å². The third-order valence-corrected chi connectivity index (χ3v) is 1.24. The SMILES string of the molecule is C=CCC(=O)O.CC(C)COC(=O)/C=C\C(=O)O. The number of hydrogen-bond donors (Lipinski definition) is 2. The van der Waals surface area contributed by atoms with Gasteiger partial charge in [0.1, 0.15) is 0 Å². The van der Waals surface area contributed by atoms with Crippen LogP contribution in [0.1, 0.15) is 20.3 Å². The van der Waals surface area contributed by atoms with E-state index in [1.165, 1.54) is 6.08 Å². The first kappa shape index (κ1) is 18.3. The van der Waals surface area contributed by atoms with E-state index in [0.29, 0.717) is 6.61 Å². The van der Waals surface area contributed by atoms with E-state index >= 15 is 0 Å². The van der Waals surface area contributed by atoms with Gasteiger partial charge >= 0.3 is 17.9 Å². The molecule has 0 aromatic rings. The molecule has 0 fully saturated rings. The summed E-state index contributed by atoms with van der Waals surface area (Å²) in [5.74, 6) is -2.35. The van der Waals surface area contributed by atoms with Gasteiger partial charge in [-0.1, -0.05) is 19.9 Å². The van der Waals surface area contributed by atoms with Gasteiger partial charge < -0.3 is 14.9 Å². The Morgan fingerprint density at radius 3 is 2.06 bits per heavy atom. The van der Waals surface area contributed by atoms with Crippen LogP contribution in [0.2, 0.25) is 0 Å². The highest BCUT2D eigenvalue weighted by atomic mass is 16.5. The van der Waals surface area contributed by atoms with E-state index in [1.807, 2.05) is 13.8 Å². The maximum Gasteiger partial charge on any atom is 0.331 e. The van der Waals surface area contributed by atoms with Crippen molar-refractivity contribution in [2.24, 2.45) is 5.92 Å². The fourth-order valence-corrected chi connectivity index (χ4v) is 0.560. The summed E-state index contributed by atoms with van der Waals surface area (Å²) in [4.78, 5) is 30.2. The minimum absolute atomic E-state index is 0.0556. The van der Waals surface area contributed by atoms with Crippen LogP contribution in [-0.4, -0.2) is 34.7 Å². The van der Waals surface area contributed by atoms with Crippen LogP contribution in [0.15, 0.2) is 24.8 Å². The van der Waals surface area contributed by atoms with Crippen LogP contribution in [0.4, 0.5) is 0 Å². The molecule has 6 nitrogen and oxygen atoms in total. The number of ether oxygens (including phenoxy) is 1. The summed E-state index contributed by atoms with van der Waals surface area (Å²) in [6, 6.07) is 0. The Bertz CT molecular complexity index is 317. The van der Waals surface area contributed by atoms with E-state index in [0.717, 1.165) is 12.2 Å². The standard InChI is InChI=1S/C8H12O4.C4H6O2/c1-6(2)5-12-8(11)4-3-7(9)10;1-2-3-4(5)6/h3-4,6H,5H2,1-2H3,(H,9,10);2H,1,3H2,(H,5,6)/b4-3-;. The quantitative estimate of drug-likeness (QED) is 0.425. The molecule has 0 spiro atoms. The number of carboxylic acids is 2.